The van der Waals surface area contributed by atoms with Crippen molar-refractivity contribution < 1.29 is 27.4 Å². The molecule has 3 aromatic rings. The molecule has 8 heteroatoms. The number of nitrogens with zero attached hydrogens (tertiary/aromatic N) is 1. The molecule has 2 aromatic carbocycles. The lowest BCUT2D eigenvalue weighted by Crippen LogP contribution is -2.18. The summed E-state index contributed by atoms with van der Waals surface area (Å²) in [5.74, 6) is 1.06. The molecule has 1 aromatic heterocycles. The molecule has 0 amide bonds. The normalized spacial score (nSPS) is 15.8. The summed E-state index contributed by atoms with van der Waals surface area (Å²) in [6, 6.07) is 9.60. The van der Waals surface area contributed by atoms with E-state index in [1.165, 1.54) is 52.0 Å². The third-order valence-corrected chi connectivity index (χ3v) is 6.05. The highest BCUT2D eigenvalue weighted by Crippen LogP contribution is 2.39. The summed E-state index contributed by atoms with van der Waals surface area (Å²) in [5.41, 5.74) is 5.53. The Morgan fingerprint density at radius 2 is 1.62 bits per heavy atom. The molecule has 0 aliphatic carbocycles. The van der Waals surface area contributed by atoms with Crippen molar-refractivity contribution in [1.29, 1.82) is 0 Å². The molecule has 0 saturated carbocycles. The van der Waals surface area contributed by atoms with Gasteiger partial charge in [0.1, 0.15) is 30.5 Å². The van der Waals surface area contributed by atoms with Crippen molar-refractivity contribution in [3.8, 4) is 17.2 Å². The molecule has 32 heavy (non-hydrogen) atoms. The van der Waals surface area contributed by atoms with Gasteiger partial charge in [-0.2, -0.15) is 0 Å². The van der Waals surface area contributed by atoms with Crippen LogP contribution in [0.2, 0.25) is 0 Å². The van der Waals surface area contributed by atoms with Crippen molar-refractivity contribution >= 4 is 10.9 Å². The molecule has 0 fully saturated rings. The van der Waals surface area contributed by atoms with E-state index in [1.807, 2.05) is 0 Å². The highest BCUT2D eigenvalue weighted by Gasteiger charge is 2.31. The van der Waals surface area contributed by atoms with Gasteiger partial charge in [-0.15, -0.1) is 13.2 Å². The Balaban J connectivity index is 1.28. The predicted octanol–water partition coefficient (Wildman–Crippen LogP) is 4.63. The van der Waals surface area contributed by atoms with Crippen LogP contribution in [0.5, 0.6) is 17.2 Å². The molecule has 0 atom stereocenters. The Bertz CT molecular complexity index is 1110. The molecule has 0 saturated heterocycles. The third kappa shape index (κ3) is 4.24. The van der Waals surface area contributed by atoms with Crippen LogP contribution in [0.1, 0.15) is 23.2 Å². The fraction of sp³-hybridized carbons (Fsp3) is 0.417. The van der Waals surface area contributed by atoms with E-state index < -0.39 is 6.36 Å². The van der Waals surface area contributed by atoms with Crippen LogP contribution >= 0.6 is 0 Å². The van der Waals surface area contributed by atoms with Gasteiger partial charge in [0.05, 0.1) is 5.52 Å². The smallest absolute Gasteiger partial charge is 0.490 e. The van der Waals surface area contributed by atoms with Crippen LogP contribution in [-0.4, -0.2) is 37.2 Å². The first-order chi connectivity index (χ1) is 15.5. The van der Waals surface area contributed by atoms with Crippen LogP contribution in [0.15, 0.2) is 36.4 Å². The Morgan fingerprint density at radius 3 is 2.44 bits per heavy atom. The third-order valence-electron chi connectivity index (χ3n) is 6.05. The number of rotatable bonds is 6. The van der Waals surface area contributed by atoms with Crippen molar-refractivity contribution in [3.63, 3.8) is 0 Å². The number of fused-ring (bicyclic) bond motifs is 3. The Hall–Kier alpha value is -2.87. The van der Waals surface area contributed by atoms with Crippen LogP contribution in [0, 0.1) is 0 Å². The molecule has 0 radical (unpaired) electrons. The van der Waals surface area contributed by atoms with E-state index in [0.717, 1.165) is 51.1 Å². The van der Waals surface area contributed by atoms with Crippen LogP contribution in [0.4, 0.5) is 13.2 Å². The van der Waals surface area contributed by atoms with E-state index in [1.54, 1.807) is 0 Å². The number of hydrogen-bond acceptors (Lipinski definition) is 4. The van der Waals surface area contributed by atoms with Crippen molar-refractivity contribution in [2.45, 2.75) is 38.6 Å². The van der Waals surface area contributed by atoms with Crippen LogP contribution in [0.25, 0.3) is 10.9 Å². The topological polar surface area (TPSA) is 44.7 Å². The average molecular weight is 446 g/mol. The van der Waals surface area contributed by atoms with Gasteiger partial charge in [-0.1, -0.05) is 6.07 Å². The lowest BCUT2D eigenvalue weighted by atomic mass is 10.0. The van der Waals surface area contributed by atoms with E-state index in [9.17, 15) is 13.2 Å². The summed E-state index contributed by atoms with van der Waals surface area (Å²) in [6.45, 7) is 3.64. The highest BCUT2D eigenvalue weighted by atomic mass is 19.4. The van der Waals surface area contributed by atoms with Crippen molar-refractivity contribution in [1.82, 2.24) is 9.88 Å². The molecule has 5 nitrogen and oxygen atoms in total. The standard InChI is InChI=1S/C24H25F3N2O3/c25-24(26,27)32-18-6-4-17(5-7-18)30-14-15-31-21-8-3-16-2-1-13-29-20-10-12-28-11-9-19(20)22(21)23(16)29/h3-8,28H,1-2,9-15H2. The zero-order chi connectivity index (χ0) is 22.1. The first-order valence-corrected chi connectivity index (χ1v) is 11.0. The zero-order valence-corrected chi connectivity index (χ0v) is 17.6. The van der Waals surface area contributed by atoms with Gasteiger partial charge in [-0.25, -0.2) is 0 Å². The van der Waals surface area contributed by atoms with Crippen LogP contribution < -0.4 is 19.5 Å². The summed E-state index contributed by atoms with van der Waals surface area (Å²) in [6.07, 6.45) is -0.432. The van der Waals surface area contributed by atoms with Gasteiger partial charge in [-0.05, 0) is 67.3 Å². The van der Waals surface area contributed by atoms with Gasteiger partial charge in [-0.3, -0.25) is 0 Å². The Morgan fingerprint density at radius 1 is 0.875 bits per heavy atom. The minimum atomic E-state index is -4.70. The van der Waals surface area contributed by atoms with Crippen LogP contribution in [-0.2, 0) is 25.8 Å². The summed E-state index contributed by atoms with van der Waals surface area (Å²) in [7, 11) is 0. The quantitative estimate of drug-likeness (QED) is 0.561. The van der Waals surface area contributed by atoms with E-state index in [2.05, 4.69) is 26.8 Å². The second-order valence-electron chi connectivity index (χ2n) is 8.09. The molecular weight excluding hydrogens is 421 g/mol. The van der Waals surface area contributed by atoms with Crippen molar-refractivity contribution in [2.75, 3.05) is 26.3 Å². The highest BCUT2D eigenvalue weighted by molar-refractivity contribution is 5.94. The lowest BCUT2D eigenvalue weighted by molar-refractivity contribution is -0.274. The van der Waals surface area contributed by atoms with Crippen molar-refractivity contribution in [2.24, 2.45) is 0 Å². The number of aromatic nitrogens is 1. The zero-order valence-electron chi connectivity index (χ0n) is 17.6. The largest absolute Gasteiger partial charge is 0.573 e. The molecule has 0 bridgehead atoms. The number of alkyl halides is 3. The van der Waals surface area contributed by atoms with E-state index in [-0.39, 0.29) is 12.4 Å². The molecule has 1 N–H and O–H groups in total. The van der Waals surface area contributed by atoms with Gasteiger partial charge in [0, 0.05) is 30.6 Å². The molecule has 170 valence electrons. The Labute approximate surface area is 184 Å². The number of nitrogens with one attached hydrogen (secondary N) is 1. The van der Waals surface area contributed by atoms with Gasteiger partial charge < -0.3 is 24.1 Å². The maximum Gasteiger partial charge on any atom is 0.573 e. The molecule has 3 heterocycles. The van der Waals surface area contributed by atoms with Crippen molar-refractivity contribution in [3.05, 3.63) is 53.2 Å². The second kappa shape index (κ2) is 8.58. The van der Waals surface area contributed by atoms with E-state index in [4.69, 9.17) is 9.47 Å². The number of aryl methyl sites for hydroxylation is 2. The molecule has 0 spiro atoms. The average Bonchev–Trinajstić information content (AvgIpc) is 2.92. The lowest BCUT2D eigenvalue weighted by Gasteiger charge is -2.19. The summed E-state index contributed by atoms with van der Waals surface area (Å²) in [5, 5.41) is 4.72. The van der Waals surface area contributed by atoms with Gasteiger partial charge in [0.25, 0.3) is 0 Å². The minimum absolute atomic E-state index is 0.273. The van der Waals surface area contributed by atoms with E-state index in [0.29, 0.717) is 12.4 Å². The Kier molecular flexibility index (Phi) is 5.63. The first kappa shape index (κ1) is 21.0. The van der Waals surface area contributed by atoms with E-state index >= 15 is 0 Å². The predicted molar refractivity (Wildman–Crippen MR) is 115 cm³/mol. The van der Waals surface area contributed by atoms with Gasteiger partial charge >= 0.3 is 6.36 Å². The SMILES string of the molecule is FC(F)(F)Oc1ccc(OCCOc2ccc3c4c2c2c(n4CCC3)CCNCC2)cc1. The fourth-order valence-corrected chi connectivity index (χ4v) is 4.80. The summed E-state index contributed by atoms with van der Waals surface area (Å²) in [4.78, 5) is 0. The van der Waals surface area contributed by atoms with Gasteiger partial charge in [0.2, 0.25) is 0 Å². The maximum atomic E-state index is 12.3. The van der Waals surface area contributed by atoms with Gasteiger partial charge in [0.15, 0.2) is 0 Å². The molecular formula is C24H25F3N2O3. The summed E-state index contributed by atoms with van der Waals surface area (Å²) < 4.78 is 55.0. The first-order valence-electron chi connectivity index (χ1n) is 11.0. The minimum Gasteiger partial charge on any atom is -0.490 e. The number of halogens is 3. The molecule has 5 rings (SSSR count). The fourth-order valence-electron chi connectivity index (χ4n) is 4.80. The summed E-state index contributed by atoms with van der Waals surface area (Å²) >= 11 is 0. The molecule has 2 aliphatic heterocycles. The molecule has 2 aliphatic rings. The number of hydrogen-bond donors (Lipinski definition) is 1. The number of ether oxygens (including phenoxy) is 3. The maximum absolute atomic E-state index is 12.3. The number of benzene rings is 2. The second-order valence-corrected chi connectivity index (χ2v) is 8.09. The molecule has 0 unspecified atom stereocenters. The van der Waals surface area contributed by atoms with Crippen LogP contribution in [0.3, 0.4) is 0 Å². The monoisotopic (exact) mass is 446 g/mol.